The SMILES string of the molecule is C[C@@H]1CN(c2cc(F)c(C3=CCCNCC3)cc2NC(=O)c2c[nH]c(=O)cc2C(F)F)C[C@H](C)N1C. The number of likely N-dealkylation sites (N-methyl/N-ethyl adjacent to an activating group) is 1. The molecule has 3 heterocycles. The molecule has 2 aliphatic rings. The number of anilines is 2. The minimum Gasteiger partial charge on any atom is -0.367 e. The Morgan fingerprint density at radius 3 is 2.56 bits per heavy atom. The summed E-state index contributed by atoms with van der Waals surface area (Å²) in [6.07, 6.45) is 1.35. The number of aromatic nitrogens is 1. The maximum absolute atomic E-state index is 15.5. The first-order valence-electron chi connectivity index (χ1n) is 12.2. The second kappa shape index (κ2) is 10.9. The number of benzene rings is 1. The van der Waals surface area contributed by atoms with Gasteiger partial charge in [0, 0.05) is 48.6 Å². The lowest BCUT2D eigenvalue weighted by Crippen LogP contribution is -2.55. The molecular formula is C26H32F3N5O2. The van der Waals surface area contributed by atoms with Crippen LogP contribution < -0.4 is 21.1 Å². The molecule has 7 nitrogen and oxygen atoms in total. The van der Waals surface area contributed by atoms with Gasteiger partial charge in [0.2, 0.25) is 5.56 Å². The lowest BCUT2D eigenvalue weighted by molar-refractivity contribution is 0.101. The first-order chi connectivity index (χ1) is 17.2. The van der Waals surface area contributed by atoms with Crippen LogP contribution in [-0.2, 0) is 0 Å². The van der Waals surface area contributed by atoms with Crippen molar-refractivity contribution in [3.05, 3.63) is 63.3 Å². The first-order valence-corrected chi connectivity index (χ1v) is 12.2. The van der Waals surface area contributed by atoms with E-state index in [-0.39, 0.29) is 17.6 Å². The highest BCUT2D eigenvalue weighted by molar-refractivity contribution is 6.07. The number of amides is 1. The van der Waals surface area contributed by atoms with Crippen molar-refractivity contribution in [3.8, 4) is 0 Å². The first kappa shape index (κ1) is 26.0. The molecule has 1 aromatic heterocycles. The number of hydrogen-bond acceptors (Lipinski definition) is 5. The number of piperazine rings is 1. The predicted molar refractivity (Wildman–Crippen MR) is 135 cm³/mol. The molecule has 194 valence electrons. The van der Waals surface area contributed by atoms with Gasteiger partial charge in [0.15, 0.2) is 0 Å². The van der Waals surface area contributed by atoms with Gasteiger partial charge in [-0.1, -0.05) is 6.08 Å². The van der Waals surface area contributed by atoms with E-state index in [1.165, 1.54) is 6.07 Å². The smallest absolute Gasteiger partial charge is 0.264 e. The standard InChI is InChI=1S/C26H32F3N5O2/c1-15-13-34(14-16(2)33(15)3)23-11-21(27)18(17-5-4-7-30-8-6-17)9-22(23)32-26(36)20-12-31-24(35)10-19(20)25(28)29/h5,9-12,15-16,25,30H,4,6-8,13-14H2,1-3H3,(H,31,35)(H,32,36)/t15-,16+. The number of carbonyl (C=O) groups excluding carboxylic acids is 1. The normalized spacial score (nSPS) is 21.3. The molecule has 0 aliphatic carbocycles. The van der Waals surface area contributed by atoms with Gasteiger partial charge in [0.05, 0.1) is 16.9 Å². The van der Waals surface area contributed by atoms with Gasteiger partial charge < -0.3 is 20.5 Å². The molecule has 0 saturated carbocycles. The molecule has 1 amide bonds. The van der Waals surface area contributed by atoms with Crippen molar-refractivity contribution in [2.75, 3.05) is 43.4 Å². The predicted octanol–water partition coefficient (Wildman–Crippen LogP) is 4.00. The van der Waals surface area contributed by atoms with E-state index >= 15 is 4.39 Å². The van der Waals surface area contributed by atoms with Gasteiger partial charge in [0.1, 0.15) is 5.82 Å². The molecule has 3 N–H and O–H groups in total. The quantitative estimate of drug-likeness (QED) is 0.575. The molecule has 1 fully saturated rings. The number of pyridine rings is 1. The zero-order valence-corrected chi connectivity index (χ0v) is 20.7. The van der Waals surface area contributed by atoms with Gasteiger partial charge in [-0.05, 0) is 64.5 Å². The summed E-state index contributed by atoms with van der Waals surface area (Å²) in [5.41, 5.74) is 0.331. The van der Waals surface area contributed by atoms with Crippen LogP contribution in [0.5, 0.6) is 0 Å². The Morgan fingerprint density at radius 1 is 1.14 bits per heavy atom. The average Bonchev–Trinajstić information content (AvgIpc) is 3.12. The van der Waals surface area contributed by atoms with Crippen LogP contribution in [0.1, 0.15) is 54.6 Å². The Kier molecular flexibility index (Phi) is 7.85. The molecule has 2 atom stereocenters. The van der Waals surface area contributed by atoms with E-state index in [0.29, 0.717) is 43.0 Å². The van der Waals surface area contributed by atoms with Gasteiger partial charge in [-0.15, -0.1) is 0 Å². The zero-order chi connectivity index (χ0) is 26.0. The highest BCUT2D eigenvalue weighted by atomic mass is 19.3. The van der Waals surface area contributed by atoms with Crippen LogP contribution in [0.2, 0.25) is 0 Å². The van der Waals surface area contributed by atoms with Gasteiger partial charge in [0.25, 0.3) is 12.3 Å². The molecule has 0 bridgehead atoms. The minimum absolute atomic E-state index is 0.181. The molecule has 1 saturated heterocycles. The monoisotopic (exact) mass is 503 g/mol. The van der Waals surface area contributed by atoms with Crippen molar-refractivity contribution in [1.82, 2.24) is 15.2 Å². The summed E-state index contributed by atoms with van der Waals surface area (Å²) >= 11 is 0. The topological polar surface area (TPSA) is 80.5 Å². The molecule has 2 aliphatic heterocycles. The van der Waals surface area contributed by atoms with Crippen LogP contribution in [-0.4, -0.2) is 61.1 Å². The maximum Gasteiger partial charge on any atom is 0.264 e. The van der Waals surface area contributed by atoms with E-state index in [4.69, 9.17) is 0 Å². The number of nitrogens with zero attached hydrogens (tertiary/aromatic N) is 2. The van der Waals surface area contributed by atoms with E-state index in [2.05, 4.69) is 34.4 Å². The molecule has 0 spiro atoms. The fourth-order valence-corrected chi connectivity index (χ4v) is 4.87. The maximum atomic E-state index is 15.5. The van der Waals surface area contributed by atoms with Crippen molar-refractivity contribution in [3.63, 3.8) is 0 Å². The number of alkyl halides is 2. The van der Waals surface area contributed by atoms with Crippen LogP contribution in [0.3, 0.4) is 0 Å². The summed E-state index contributed by atoms with van der Waals surface area (Å²) < 4.78 is 42.7. The van der Waals surface area contributed by atoms with Gasteiger partial charge in [-0.2, -0.15) is 0 Å². The van der Waals surface area contributed by atoms with Crippen LogP contribution in [0.4, 0.5) is 24.5 Å². The highest BCUT2D eigenvalue weighted by Gasteiger charge is 2.30. The molecule has 0 unspecified atom stereocenters. The molecule has 2 aromatic rings. The Labute approximate surface area is 208 Å². The lowest BCUT2D eigenvalue weighted by Gasteiger charge is -2.44. The number of H-pyrrole nitrogens is 1. The van der Waals surface area contributed by atoms with E-state index in [0.717, 1.165) is 30.8 Å². The minimum atomic E-state index is -3.00. The summed E-state index contributed by atoms with van der Waals surface area (Å²) in [6.45, 7) is 6.87. The number of rotatable bonds is 5. The van der Waals surface area contributed by atoms with E-state index in [1.807, 2.05) is 18.0 Å². The largest absolute Gasteiger partial charge is 0.367 e. The summed E-state index contributed by atoms with van der Waals surface area (Å²) in [5.74, 6) is -1.19. The fourth-order valence-electron chi connectivity index (χ4n) is 4.87. The van der Waals surface area contributed by atoms with Gasteiger partial charge >= 0.3 is 0 Å². The van der Waals surface area contributed by atoms with Crippen LogP contribution in [0.25, 0.3) is 5.57 Å². The molecule has 4 rings (SSSR count). The summed E-state index contributed by atoms with van der Waals surface area (Å²) in [5, 5.41) is 6.02. The fraction of sp³-hybridized carbons (Fsp3) is 0.462. The lowest BCUT2D eigenvalue weighted by atomic mass is 9.98. The average molecular weight is 504 g/mol. The second-order valence-electron chi connectivity index (χ2n) is 9.56. The second-order valence-corrected chi connectivity index (χ2v) is 9.56. The third kappa shape index (κ3) is 5.49. The van der Waals surface area contributed by atoms with Crippen LogP contribution >= 0.6 is 0 Å². The summed E-state index contributed by atoms with van der Waals surface area (Å²) in [6, 6.07) is 4.11. The third-order valence-corrected chi connectivity index (χ3v) is 7.10. The molecule has 10 heteroatoms. The number of nitrogens with one attached hydrogen (secondary N) is 3. The number of aromatic amines is 1. The van der Waals surface area contributed by atoms with E-state index in [9.17, 15) is 18.4 Å². The third-order valence-electron chi connectivity index (χ3n) is 7.10. The molecule has 36 heavy (non-hydrogen) atoms. The Hall–Kier alpha value is -3.11. The van der Waals surface area contributed by atoms with Crippen molar-refractivity contribution in [2.24, 2.45) is 0 Å². The van der Waals surface area contributed by atoms with E-state index in [1.54, 1.807) is 6.07 Å². The highest BCUT2D eigenvalue weighted by Crippen LogP contribution is 2.36. The Bertz CT molecular complexity index is 1200. The molecular weight excluding hydrogens is 471 g/mol. The summed E-state index contributed by atoms with van der Waals surface area (Å²) in [4.78, 5) is 31.3. The Balaban J connectivity index is 1.77. The van der Waals surface area contributed by atoms with Crippen molar-refractivity contribution < 1.29 is 18.0 Å². The molecule has 1 aromatic carbocycles. The van der Waals surface area contributed by atoms with Gasteiger partial charge in [-0.25, -0.2) is 13.2 Å². The Morgan fingerprint density at radius 2 is 1.86 bits per heavy atom. The van der Waals surface area contributed by atoms with Crippen molar-refractivity contribution in [2.45, 2.75) is 45.2 Å². The number of hydrogen-bond donors (Lipinski definition) is 3. The number of halogens is 3. The zero-order valence-electron chi connectivity index (χ0n) is 20.7. The summed E-state index contributed by atoms with van der Waals surface area (Å²) in [7, 11) is 2.04. The number of carbonyl (C=O) groups is 1. The molecule has 0 radical (unpaired) electrons. The van der Waals surface area contributed by atoms with Crippen LogP contribution in [0.15, 0.2) is 35.3 Å². The van der Waals surface area contributed by atoms with E-state index < -0.39 is 29.3 Å². The van der Waals surface area contributed by atoms with Crippen molar-refractivity contribution in [1.29, 1.82) is 0 Å². The van der Waals surface area contributed by atoms with Gasteiger partial charge in [-0.3, -0.25) is 14.5 Å². The van der Waals surface area contributed by atoms with Crippen LogP contribution in [0, 0.1) is 5.82 Å². The van der Waals surface area contributed by atoms with Crippen molar-refractivity contribution >= 4 is 22.9 Å².